The number of carbonyl (C=O) groups is 1. The first-order valence-electron chi connectivity index (χ1n) is 7.74. The number of nitrogens with one attached hydrogen (secondary N) is 1. The summed E-state index contributed by atoms with van der Waals surface area (Å²) in [6.07, 6.45) is 0. The number of carbonyl (C=O) groups excluding carboxylic acids is 1. The molecule has 0 saturated carbocycles. The van der Waals surface area contributed by atoms with E-state index in [0.29, 0.717) is 11.3 Å². The van der Waals surface area contributed by atoms with Crippen LogP contribution < -0.4 is 5.32 Å². The number of nitrogens with zero attached hydrogens (tertiary/aromatic N) is 3. The molecule has 0 atom stereocenters. The maximum atomic E-state index is 12.4. The fourth-order valence-corrected chi connectivity index (χ4v) is 2.76. The van der Waals surface area contributed by atoms with Crippen molar-refractivity contribution in [1.29, 1.82) is 0 Å². The molecule has 0 aliphatic heterocycles. The van der Waals surface area contributed by atoms with Gasteiger partial charge in [-0.2, -0.15) is 5.10 Å². The Morgan fingerprint density at radius 2 is 1.85 bits per heavy atom. The number of halogens is 1. The second-order valence-electron chi connectivity index (χ2n) is 5.76. The summed E-state index contributed by atoms with van der Waals surface area (Å²) in [7, 11) is 0. The van der Waals surface area contributed by atoms with Crippen molar-refractivity contribution in [1.82, 2.24) is 9.78 Å². The Morgan fingerprint density at radius 3 is 2.42 bits per heavy atom. The summed E-state index contributed by atoms with van der Waals surface area (Å²) in [6, 6.07) is 13.0. The lowest BCUT2D eigenvalue weighted by molar-refractivity contribution is -0.384. The lowest BCUT2D eigenvalue weighted by Crippen LogP contribution is -2.12. The third-order valence-corrected chi connectivity index (χ3v) is 4.10. The predicted molar refractivity (Wildman–Crippen MR) is 99.1 cm³/mol. The van der Waals surface area contributed by atoms with Gasteiger partial charge in [-0.05, 0) is 56.3 Å². The summed E-state index contributed by atoms with van der Waals surface area (Å²) < 4.78 is 1.79. The van der Waals surface area contributed by atoms with E-state index < -0.39 is 4.92 Å². The molecule has 0 aliphatic carbocycles. The lowest BCUT2D eigenvalue weighted by Gasteiger charge is -2.08. The quantitative estimate of drug-likeness (QED) is 0.547. The molecule has 1 N–H and O–H groups in total. The number of aryl methyl sites for hydroxylation is 2. The van der Waals surface area contributed by atoms with E-state index in [1.54, 1.807) is 28.9 Å². The minimum absolute atomic E-state index is 0.0160. The molecule has 0 unspecified atom stereocenters. The molecule has 1 heterocycles. The van der Waals surface area contributed by atoms with Crippen LogP contribution >= 0.6 is 11.6 Å². The highest BCUT2D eigenvalue weighted by atomic mass is 35.5. The van der Waals surface area contributed by atoms with Crippen LogP contribution in [0.3, 0.4) is 0 Å². The van der Waals surface area contributed by atoms with Crippen LogP contribution in [0, 0.1) is 24.0 Å². The van der Waals surface area contributed by atoms with Gasteiger partial charge in [0.05, 0.1) is 16.3 Å². The molecule has 132 valence electrons. The molecule has 0 spiro atoms. The number of nitro benzene ring substituents is 1. The molecule has 0 aliphatic rings. The van der Waals surface area contributed by atoms with Gasteiger partial charge in [0, 0.05) is 23.0 Å². The molecular formula is C18H15ClN4O3. The molecule has 8 heteroatoms. The van der Waals surface area contributed by atoms with E-state index in [2.05, 4.69) is 10.4 Å². The van der Waals surface area contributed by atoms with Crippen molar-refractivity contribution in [2.24, 2.45) is 0 Å². The number of benzene rings is 2. The van der Waals surface area contributed by atoms with Gasteiger partial charge in [-0.1, -0.05) is 11.6 Å². The van der Waals surface area contributed by atoms with Crippen molar-refractivity contribution in [3.05, 3.63) is 80.6 Å². The zero-order valence-electron chi connectivity index (χ0n) is 14.1. The van der Waals surface area contributed by atoms with E-state index >= 15 is 0 Å². The molecule has 0 fully saturated rings. The average molecular weight is 371 g/mol. The zero-order valence-corrected chi connectivity index (χ0v) is 14.8. The second-order valence-corrected chi connectivity index (χ2v) is 6.17. The number of aromatic nitrogens is 2. The van der Waals surface area contributed by atoms with Crippen molar-refractivity contribution in [2.75, 3.05) is 5.32 Å². The van der Waals surface area contributed by atoms with Crippen LogP contribution in [0.4, 0.5) is 11.4 Å². The zero-order chi connectivity index (χ0) is 18.8. The molecule has 1 amide bonds. The van der Waals surface area contributed by atoms with Crippen molar-refractivity contribution >= 4 is 28.9 Å². The van der Waals surface area contributed by atoms with Gasteiger partial charge in [0.1, 0.15) is 5.02 Å². The highest BCUT2D eigenvalue weighted by Crippen LogP contribution is 2.27. The molecule has 3 aromatic rings. The normalized spacial score (nSPS) is 10.6. The Labute approximate surface area is 154 Å². The molecule has 2 aromatic carbocycles. The summed E-state index contributed by atoms with van der Waals surface area (Å²) in [5.74, 6) is -0.374. The Kier molecular flexibility index (Phi) is 4.73. The molecule has 0 saturated heterocycles. The van der Waals surface area contributed by atoms with Gasteiger partial charge in [0.2, 0.25) is 0 Å². The van der Waals surface area contributed by atoms with Gasteiger partial charge in [0.25, 0.3) is 11.6 Å². The Balaban J connectivity index is 1.79. The molecule has 3 rings (SSSR count). The Hall–Kier alpha value is -3.19. The molecule has 0 bridgehead atoms. The fourth-order valence-electron chi connectivity index (χ4n) is 2.58. The maximum Gasteiger partial charge on any atom is 0.289 e. The SMILES string of the molecule is Cc1cc(C)n(-c2ccc(C(=O)Nc3ccc(Cl)c([N+](=O)[O-])c3)cc2)n1. The van der Waals surface area contributed by atoms with Gasteiger partial charge in [-0.3, -0.25) is 14.9 Å². The summed E-state index contributed by atoms with van der Waals surface area (Å²) in [6.45, 7) is 3.87. The number of nitro groups is 1. The number of hydrogen-bond acceptors (Lipinski definition) is 4. The average Bonchev–Trinajstić information content (AvgIpc) is 2.94. The number of rotatable bonds is 4. The first-order valence-corrected chi connectivity index (χ1v) is 8.12. The Morgan fingerprint density at radius 1 is 1.15 bits per heavy atom. The summed E-state index contributed by atoms with van der Waals surface area (Å²) in [5, 5.41) is 18.0. The van der Waals surface area contributed by atoms with Crippen LogP contribution in [0.2, 0.25) is 5.02 Å². The van der Waals surface area contributed by atoms with Crippen LogP contribution in [0.25, 0.3) is 5.69 Å². The monoisotopic (exact) mass is 370 g/mol. The summed E-state index contributed by atoms with van der Waals surface area (Å²) >= 11 is 5.77. The van der Waals surface area contributed by atoms with E-state index in [9.17, 15) is 14.9 Å². The van der Waals surface area contributed by atoms with Crippen molar-refractivity contribution in [2.45, 2.75) is 13.8 Å². The smallest absolute Gasteiger partial charge is 0.289 e. The topological polar surface area (TPSA) is 90.1 Å². The van der Waals surface area contributed by atoms with Gasteiger partial charge in [-0.25, -0.2) is 4.68 Å². The van der Waals surface area contributed by atoms with Crippen LogP contribution in [-0.2, 0) is 0 Å². The Bertz CT molecular complexity index is 996. The second kappa shape index (κ2) is 6.97. The summed E-state index contributed by atoms with van der Waals surface area (Å²) in [4.78, 5) is 22.7. The van der Waals surface area contributed by atoms with Crippen LogP contribution in [0.1, 0.15) is 21.7 Å². The number of amides is 1. The molecule has 7 nitrogen and oxygen atoms in total. The molecule has 0 radical (unpaired) electrons. The standard InChI is InChI=1S/C18H15ClN4O3/c1-11-9-12(2)22(21-11)15-6-3-13(4-7-15)18(24)20-14-5-8-16(19)17(10-14)23(25)26/h3-10H,1-2H3,(H,20,24). The van der Waals surface area contributed by atoms with Crippen LogP contribution in [0.5, 0.6) is 0 Å². The first-order chi connectivity index (χ1) is 12.3. The van der Waals surface area contributed by atoms with E-state index in [1.807, 2.05) is 19.9 Å². The van der Waals surface area contributed by atoms with E-state index in [0.717, 1.165) is 17.1 Å². The fraction of sp³-hybridized carbons (Fsp3) is 0.111. The van der Waals surface area contributed by atoms with Crippen molar-refractivity contribution in [3.63, 3.8) is 0 Å². The van der Waals surface area contributed by atoms with E-state index in [-0.39, 0.29) is 16.6 Å². The van der Waals surface area contributed by atoms with Crippen LogP contribution in [-0.4, -0.2) is 20.6 Å². The predicted octanol–water partition coefficient (Wildman–Crippen LogP) is 4.30. The van der Waals surface area contributed by atoms with Gasteiger partial charge < -0.3 is 5.32 Å². The molecule has 1 aromatic heterocycles. The van der Waals surface area contributed by atoms with Gasteiger partial charge >= 0.3 is 0 Å². The highest BCUT2D eigenvalue weighted by molar-refractivity contribution is 6.32. The summed E-state index contributed by atoms with van der Waals surface area (Å²) in [5.41, 5.74) is 3.21. The van der Waals surface area contributed by atoms with E-state index in [1.165, 1.54) is 18.2 Å². The molecule has 26 heavy (non-hydrogen) atoms. The number of hydrogen-bond donors (Lipinski definition) is 1. The maximum absolute atomic E-state index is 12.4. The van der Waals surface area contributed by atoms with Gasteiger partial charge in [-0.15, -0.1) is 0 Å². The minimum Gasteiger partial charge on any atom is -0.322 e. The van der Waals surface area contributed by atoms with Crippen LogP contribution in [0.15, 0.2) is 48.5 Å². The van der Waals surface area contributed by atoms with E-state index in [4.69, 9.17) is 11.6 Å². The van der Waals surface area contributed by atoms with Crippen molar-refractivity contribution in [3.8, 4) is 5.69 Å². The first kappa shape index (κ1) is 17.6. The molecular weight excluding hydrogens is 356 g/mol. The number of anilines is 1. The van der Waals surface area contributed by atoms with Gasteiger partial charge in [0.15, 0.2) is 0 Å². The van der Waals surface area contributed by atoms with Crippen molar-refractivity contribution < 1.29 is 9.72 Å². The lowest BCUT2D eigenvalue weighted by atomic mass is 10.2. The third-order valence-electron chi connectivity index (χ3n) is 3.78. The highest BCUT2D eigenvalue weighted by Gasteiger charge is 2.14. The largest absolute Gasteiger partial charge is 0.322 e. The third kappa shape index (κ3) is 3.57. The minimum atomic E-state index is -0.596.